The number of ether oxygens (including phenoxy) is 1. The maximum Gasteiger partial charge on any atom is 0.336 e. The fourth-order valence-corrected chi connectivity index (χ4v) is 1.72. The molecule has 0 N–H and O–H groups in total. The Hall–Kier alpha value is 0.0969. The summed E-state index contributed by atoms with van der Waals surface area (Å²) < 4.78 is 15.4. The molecule has 10 heavy (non-hydrogen) atoms. The van der Waals surface area contributed by atoms with Crippen LogP contribution in [0.25, 0.3) is 0 Å². The Morgan fingerprint density at radius 1 is 1.10 bits per heavy atom. The lowest BCUT2D eigenvalue weighted by Gasteiger charge is -2.21. The van der Waals surface area contributed by atoms with E-state index in [-0.39, 0.29) is 0 Å². The molecule has 0 aromatic heterocycles. The Bertz CT molecular complexity index is 83.1. The van der Waals surface area contributed by atoms with E-state index in [1.807, 2.05) is 6.55 Å². The van der Waals surface area contributed by atoms with Gasteiger partial charge in [0.15, 0.2) is 0 Å². The molecule has 0 fully saturated rings. The molecular formula is C6H16O3Si. The van der Waals surface area contributed by atoms with Crippen molar-refractivity contribution in [3.05, 3.63) is 0 Å². The molecule has 62 valence electrons. The summed E-state index contributed by atoms with van der Waals surface area (Å²) in [4.78, 5) is 0. The van der Waals surface area contributed by atoms with Crippen molar-refractivity contribution in [3.63, 3.8) is 0 Å². The maximum atomic E-state index is 5.23. The summed E-state index contributed by atoms with van der Waals surface area (Å²) in [5.74, 6) is 0. The predicted molar refractivity (Wildman–Crippen MR) is 42.3 cm³/mol. The first kappa shape index (κ1) is 10.1. The maximum absolute atomic E-state index is 5.23. The zero-order chi connectivity index (χ0) is 8.04. The van der Waals surface area contributed by atoms with Crippen LogP contribution in [0.2, 0.25) is 12.6 Å². The molecule has 0 atom stereocenters. The summed E-state index contributed by atoms with van der Waals surface area (Å²) in [6, 6.07) is 0.885. The van der Waals surface area contributed by atoms with Gasteiger partial charge in [-0.15, -0.1) is 0 Å². The van der Waals surface area contributed by atoms with Crippen molar-refractivity contribution >= 4 is 8.56 Å². The van der Waals surface area contributed by atoms with E-state index in [0.29, 0.717) is 6.61 Å². The van der Waals surface area contributed by atoms with Crippen molar-refractivity contribution in [2.75, 3.05) is 27.9 Å². The van der Waals surface area contributed by atoms with E-state index in [1.54, 1.807) is 21.3 Å². The van der Waals surface area contributed by atoms with Gasteiger partial charge in [0.05, 0.1) is 0 Å². The smallest absolute Gasteiger partial charge is 0.336 e. The Kier molecular flexibility index (Phi) is 4.89. The SMILES string of the molecule is COCC[Si](C)(OC)OC. The van der Waals surface area contributed by atoms with Gasteiger partial charge in [-0.25, -0.2) is 0 Å². The van der Waals surface area contributed by atoms with E-state index in [2.05, 4.69) is 0 Å². The lowest BCUT2D eigenvalue weighted by Crippen LogP contribution is -2.37. The standard InChI is InChI=1S/C6H16O3Si/c1-7-5-6-10(4,8-2)9-3/h5-6H2,1-4H3. The number of hydrogen-bond acceptors (Lipinski definition) is 3. The van der Waals surface area contributed by atoms with Gasteiger partial charge in [-0.1, -0.05) is 0 Å². The van der Waals surface area contributed by atoms with Crippen LogP contribution in [-0.4, -0.2) is 36.5 Å². The van der Waals surface area contributed by atoms with Gasteiger partial charge < -0.3 is 13.6 Å². The van der Waals surface area contributed by atoms with Crippen LogP contribution in [0.3, 0.4) is 0 Å². The van der Waals surface area contributed by atoms with Gasteiger partial charge in [-0.05, 0) is 6.55 Å². The van der Waals surface area contributed by atoms with Crippen LogP contribution in [0.1, 0.15) is 0 Å². The highest BCUT2D eigenvalue weighted by atomic mass is 28.4. The van der Waals surface area contributed by atoms with Crippen LogP contribution >= 0.6 is 0 Å². The molecule has 0 aromatic rings. The van der Waals surface area contributed by atoms with E-state index in [1.165, 1.54) is 0 Å². The summed E-state index contributed by atoms with van der Waals surface area (Å²) in [5.41, 5.74) is 0. The van der Waals surface area contributed by atoms with Crippen molar-refractivity contribution < 1.29 is 13.6 Å². The van der Waals surface area contributed by atoms with E-state index in [9.17, 15) is 0 Å². The lowest BCUT2D eigenvalue weighted by molar-refractivity contribution is 0.189. The fourth-order valence-electron chi connectivity index (χ4n) is 0.575. The van der Waals surface area contributed by atoms with E-state index in [4.69, 9.17) is 13.6 Å². The Balaban J connectivity index is 3.58. The van der Waals surface area contributed by atoms with Gasteiger partial charge in [-0.3, -0.25) is 0 Å². The number of hydrogen-bond donors (Lipinski definition) is 0. The number of methoxy groups -OCH3 is 1. The second-order valence-corrected chi connectivity index (χ2v) is 5.87. The molecule has 0 saturated carbocycles. The molecule has 0 radical (unpaired) electrons. The molecule has 0 rings (SSSR count). The van der Waals surface area contributed by atoms with Crippen molar-refractivity contribution in [1.82, 2.24) is 0 Å². The Morgan fingerprint density at radius 2 is 1.60 bits per heavy atom. The molecule has 0 unspecified atom stereocenters. The molecule has 0 amide bonds. The zero-order valence-corrected chi connectivity index (χ0v) is 8.14. The largest absolute Gasteiger partial charge is 0.398 e. The van der Waals surface area contributed by atoms with Gasteiger partial charge in [0, 0.05) is 34.0 Å². The normalized spacial score (nSPS) is 12.0. The van der Waals surface area contributed by atoms with Crippen LogP contribution < -0.4 is 0 Å². The van der Waals surface area contributed by atoms with Crippen LogP contribution in [-0.2, 0) is 13.6 Å². The van der Waals surface area contributed by atoms with Crippen LogP contribution in [0.15, 0.2) is 0 Å². The van der Waals surface area contributed by atoms with Gasteiger partial charge in [-0.2, -0.15) is 0 Å². The quantitative estimate of drug-likeness (QED) is 0.567. The summed E-state index contributed by atoms with van der Waals surface area (Å²) >= 11 is 0. The highest BCUT2D eigenvalue weighted by Gasteiger charge is 2.27. The highest BCUT2D eigenvalue weighted by Crippen LogP contribution is 2.09. The molecule has 0 aliphatic heterocycles. The van der Waals surface area contributed by atoms with Crippen LogP contribution in [0.5, 0.6) is 0 Å². The van der Waals surface area contributed by atoms with E-state index >= 15 is 0 Å². The first-order chi connectivity index (χ1) is 4.68. The second-order valence-electron chi connectivity index (χ2n) is 2.28. The van der Waals surface area contributed by atoms with Crippen LogP contribution in [0, 0.1) is 0 Å². The lowest BCUT2D eigenvalue weighted by atomic mass is 10.9. The van der Waals surface area contributed by atoms with Gasteiger partial charge >= 0.3 is 8.56 Å². The molecule has 0 spiro atoms. The third-order valence-electron chi connectivity index (χ3n) is 1.62. The molecule has 3 nitrogen and oxygen atoms in total. The van der Waals surface area contributed by atoms with Gasteiger partial charge in [0.1, 0.15) is 0 Å². The molecule has 0 aliphatic rings. The third kappa shape index (κ3) is 3.31. The summed E-state index contributed by atoms with van der Waals surface area (Å²) in [6.45, 7) is 2.73. The molecule has 0 aliphatic carbocycles. The second kappa shape index (κ2) is 4.84. The molecule has 0 aromatic carbocycles. The topological polar surface area (TPSA) is 27.7 Å². The summed E-state index contributed by atoms with van der Waals surface area (Å²) in [5, 5.41) is 0. The fraction of sp³-hybridized carbons (Fsp3) is 1.00. The summed E-state index contributed by atoms with van der Waals surface area (Å²) in [6.07, 6.45) is 0. The molecule has 4 heteroatoms. The average Bonchev–Trinajstić information content (AvgIpc) is 2.00. The minimum Gasteiger partial charge on any atom is -0.398 e. The molecular weight excluding hydrogens is 148 g/mol. The molecule has 0 bridgehead atoms. The monoisotopic (exact) mass is 164 g/mol. The van der Waals surface area contributed by atoms with Crippen molar-refractivity contribution in [3.8, 4) is 0 Å². The Morgan fingerprint density at radius 3 is 1.90 bits per heavy atom. The highest BCUT2D eigenvalue weighted by molar-refractivity contribution is 6.65. The first-order valence-corrected chi connectivity index (χ1v) is 5.80. The van der Waals surface area contributed by atoms with E-state index < -0.39 is 8.56 Å². The minimum atomic E-state index is -1.84. The van der Waals surface area contributed by atoms with Crippen molar-refractivity contribution in [1.29, 1.82) is 0 Å². The van der Waals surface area contributed by atoms with Crippen molar-refractivity contribution in [2.24, 2.45) is 0 Å². The number of rotatable bonds is 5. The molecule has 0 heterocycles. The third-order valence-corrected chi connectivity index (χ3v) is 4.46. The van der Waals surface area contributed by atoms with E-state index in [0.717, 1.165) is 6.04 Å². The molecule has 0 saturated heterocycles. The Labute approximate surface area is 63.5 Å². The predicted octanol–water partition coefficient (Wildman–Crippen LogP) is 0.998. The first-order valence-electron chi connectivity index (χ1n) is 3.28. The van der Waals surface area contributed by atoms with Gasteiger partial charge in [0.25, 0.3) is 0 Å². The minimum absolute atomic E-state index is 0.713. The van der Waals surface area contributed by atoms with Crippen LogP contribution in [0.4, 0.5) is 0 Å². The zero-order valence-electron chi connectivity index (χ0n) is 7.14. The summed E-state index contributed by atoms with van der Waals surface area (Å²) in [7, 11) is 3.21. The van der Waals surface area contributed by atoms with Gasteiger partial charge in [0.2, 0.25) is 0 Å². The van der Waals surface area contributed by atoms with Crippen molar-refractivity contribution in [2.45, 2.75) is 12.6 Å². The average molecular weight is 164 g/mol.